The molecule has 0 aliphatic heterocycles. The maximum Gasteiger partial charge on any atom is 0.228 e. The summed E-state index contributed by atoms with van der Waals surface area (Å²) in [6, 6.07) is 3.80. The van der Waals surface area contributed by atoms with Gasteiger partial charge in [0.05, 0.1) is 0 Å². The summed E-state index contributed by atoms with van der Waals surface area (Å²) in [6.45, 7) is 4.74. The Balaban J connectivity index is 2.23. The second-order valence-corrected chi connectivity index (χ2v) is 5.38. The lowest BCUT2D eigenvalue weighted by atomic mass is 10.3. The molecule has 2 aromatic rings. The van der Waals surface area contributed by atoms with Gasteiger partial charge in [-0.05, 0) is 25.0 Å². The number of carbonyl (C=O) groups excluding carboxylic acids is 1. The standard InChI is InChI=1S/C14H18N4OS/c1-3-6-12(19)18(9-4-2)14-17-16-13(20-14)11-7-5-8-15-10-11/h5,7-8,10H,3-4,6,9H2,1-2H3. The van der Waals surface area contributed by atoms with Crippen molar-refractivity contribution in [3.05, 3.63) is 24.5 Å². The monoisotopic (exact) mass is 290 g/mol. The van der Waals surface area contributed by atoms with Crippen molar-refractivity contribution in [3.63, 3.8) is 0 Å². The molecule has 0 radical (unpaired) electrons. The van der Waals surface area contributed by atoms with Gasteiger partial charge in [0.2, 0.25) is 11.0 Å². The van der Waals surface area contributed by atoms with Gasteiger partial charge in [0.1, 0.15) is 0 Å². The summed E-state index contributed by atoms with van der Waals surface area (Å²) >= 11 is 1.43. The number of pyridine rings is 1. The van der Waals surface area contributed by atoms with E-state index in [1.165, 1.54) is 11.3 Å². The number of nitrogens with zero attached hydrogens (tertiary/aromatic N) is 4. The highest BCUT2D eigenvalue weighted by atomic mass is 32.1. The van der Waals surface area contributed by atoms with Crippen LogP contribution in [0.5, 0.6) is 0 Å². The van der Waals surface area contributed by atoms with Crippen LogP contribution in [0.2, 0.25) is 0 Å². The lowest BCUT2D eigenvalue weighted by Crippen LogP contribution is -2.31. The minimum Gasteiger partial charge on any atom is -0.287 e. The molecule has 0 unspecified atom stereocenters. The van der Waals surface area contributed by atoms with Crippen LogP contribution in [0.15, 0.2) is 24.5 Å². The van der Waals surface area contributed by atoms with Crippen LogP contribution in [0.4, 0.5) is 5.13 Å². The zero-order valence-corrected chi connectivity index (χ0v) is 12.6. The van der Waals surface area contributed by atoms with Crippen LogP contribution in [0, 0.1) is 0 Å². The third kappa shape index (κ3) is 3.39. The molecule has 0 bridgehead atoms. The predicted molar refractivity (Wildman–Crippen MR) is 80.7 cm³/mol. The van der Waals surface area contributed by atoms with E-state index in [9.17, 15) is 4.79 Å². The SMILES string of the molecule is CCCC(=O)N(CCC)c1nnc(-c2cccnc2)s1. The lowest BCUT2D eigenvalue weighted by molar-refractivity contribution is -0.118. The Morgan fingerprint density at radius 1 is 1.30 bits per heavy atom. The molecule has 20 heavy (non-hydrogen) atoms. The molecule has 0 saturated carbocycles. The van der Waals surface area contributed by atoms with Gasteiger partial charge in [-0.15, -0.1) is 10.2 Å². The van der Waals surface area contributed by atoms with Crippen molar-refractivity contribution in [2.75, 3.05) is 11.4 Å². The number of hydrogen-bond acceptors (Lipinski definition) is 5. The number of aromatic nitrogens is 3. The Labute approximate surface area is 122 Å². The highest BCUT2D eigenvalue weighted by Gasteiger charge is 2.18. The van der Waals surface area contributed by atoms with Crippen LogP contribution in [-0.2, 0) is 4.79 Å². The average molecular weight is 290 g/mol. The van der Waals surface area contributed by atoms with Gasteiger partial charge in [-0.2, -0.15) is 0 Å². The summed E-state index contributed by atoms with van der Waals surface area (Å²) in [5.41, 5.74) is 0.927. The second-order valence-electron chi connectivity index (χ2n) is 4.43. The maximum absolute atomic E-state index is 12.1. The molecule has 0 saturated heterocycles. The third-order valence-electron chi connectivity index (χ3n) is 2.77. The number of anilines is 1. The van der Waals surface area contributed by atoms with E-state index in [0.717, 1.165) is 23.4 Å². The molecule has 1 amide bonds. The molecule has 0 aliphatic carbocycles. The molecular weight excluding hydrogens is 272 g/mol. The first-order valence-corrected chi connectivity index (χ1v) is 7.62. The quantitative estimate of drug-likeness (QED) is 0.820. The minimum absolute atomic E-state index is 0.114. The number of amides is 1. The Bertz CT molecular complexity index is 555. The van der Waals surface area contributed by atoms with E-state index in [1.807, 2.05) is 19.1 Å². The van der Waals surface area contributed by atoms with E-state index in [0.29, 0.717) is 18.1 Å². The van der Waals surface area contributed by atoms with Gasteiger partial charge in [0.25, 0.3) is 0 Å². The van der Waals surface area contributed by atoms with Gasteiger partial charge in [-0.3, -0.25) is 14.7 Å². The summed E-state index contributed by atoms with van der Waals surface area (Å²) in [6.07, 6.45) is 5.76. The molecule has 0 aliphatic rings. The Morgan fingerprint density at radius 3 is 2.80 bits per heavy atom. The largest absolute Gasteiger partial charge is 0.287 e. The zero-order valence-electron chi connectivity index (χ0n) is 11.7. The summed E-state index contributed by atoms with van der Waals surface area (Å²) in [4.78, 5) is 17.9. The number of hydrogen-bond donors (Lipinski definition) is 0. The van der Waals surface area contributed by atoms with Crippen molar-refractivity contribution >= 4 is 22.4 Å². The smallest absolute Gasteiger partial charge is 0.228 e. The molecule has 0 N–H and O–H groups in total. The van der Waals surface area contributed by atoms with Crippen LogP contribution >= 0.6 is 11.3 Å². The molecule has 106 valence electrons. The normalized spacial score (nSPS) is 10.5. The third-order valence-corrected chi connectivity index (χ3v) is 3.76. The van der Waals surface area contributed by atoms with Crippen molar-refractivity contribution < 1.29 is 4.79 Å². The van der Waals surface area contributed by atoms with Crippen molar-refractivity contribution in [2.45, 2.75) is 33.1 Å². The van der Waals surface area contributed by atoms with E-state index >= 15 is 0 Å². The van der Waals surface area contributed by atoms with E-state index < -0.39 is 0 Å². The van der Waals surface area contributed by atoms with Gasteiger partial charge >= 0.3 is 0 Å². The van der Waals surface area contributed by atoms with E-state index in [-0.39, 0.29) is 5.91 Å². The molecule has 2 rings (SSSR count). The average Bonchev–Trinajstić information content (AvgIpc) is 2.95. The molecule has 0 aromatic carbocycles. The zero-order chi connectivity index (χ0) is 14.4. The van der Waals surface area contributed by atoms with E-state index in [4.69, 9.17) is 0 Å². The first-order valence-electron chi connectivity index (χ1n) is 6.80. The highest BCUT2D eigenvalue weighted by Crippen LogP contribution is 2.28. The van der Waals surface area contributed by atoms with Gasteiger partial charge in [0.15, 0.2) is 5.01 Å². The molecule has 0 atom stereocenters. The summed E-state index contributed by atoms with van der Waals surface area (Å²) in [5.74, 6) is 0.114. The second kappa shape index (κ2) is 7.09. The minimum atomic E-state index is 0.114. The van der Waals surface area contributed by atoms with Crippen LogP contribution in [0.3, 0.4) is 0 Å². The van der Waals surface area contributed by atoms with Crippen molar-refractivity contribution in [1.82, 2.24) is 15.2 Å². The molecule has 2 aromatic heterocycles. The Kier molecular flexibility index (Phi) is 5.17. The fraction of sp³-hybridized carbons (Fsp3) is 0.429. The van der Waals surface area contributed by atoms with Crippen LogP contribution in [0.25, 0.3) is 10.6 Å². The van der Waals surface area contributed by atoms with Gasteiger partial charge in [-0.25, -0.2) is 0 Å². The fourth-order valence-electron chi connectivity index (χ4n) is 1.83. The van der Waals surface area contributed by atoms with Gasteiger partial charge in [-0.1, -0.05) is 25.2 Å². The van der Waals surface area contributed by atoms with E-state index in [2.05, 4.69) is 22.1 Å². The summed E-state index contributed by atoms with van der Waals surface area (Å²) in [5, 5.41) is 9.79. The van der Waals surface area contributed by atoms with Gasteiger partial charge < -0.3 is 0 Å². The molecule has 5 nitrogen and oxygen atoms in total. The van der Waals surface area contributed by atoms with Crippen molar-refractivity contribution in [3.8, 4) is 10.6 Å². The molecule has 6 heteroatoms. The predicted octanol–water partition coefficient (Wildman–Crippen LogP) is 3.14. The molecule has 0 fully saturated rings. The summed E-state index contributed by atoms with van der Waals surface area (Å²) in [7, 11) is 0. The number of rotatable bonds is 6. The Hall–Kier alpha value is -1.82. The topological polar surface area (TPSA) is 59.0 Å². The van der Waals surface area contributed by atoms with Crippen molar-refractivity contribution in [1.29, 1.82) is 0 Å². The van der Waals surface area contributed by atoms with Crippen molar-refractivity contribution in [2.24, 2.45) is 0 Å². The first-order chi connectivity index (χ1) is 9.76. The fourth-order valence-corrected chi connectivity index (χ4v) is 2.71. The Morgan fingerprint density at radius 2 is 2.15 bits per heavy atom. The summed E-state index contributed by atoms with van der Waals surface area (Å²) < 4.78 is 0. The lowest BCUT2D eigenvalue weighted by Gasteiger charge is -2.17. The molecular formula is C14H18N4OS. The highest BCUT2D eigenvalue weighted by molar-refractivity contribution is 7.18. The first kappa shape index (κ1) is 14.6. The molecule has 0 spiro atoms. The number of carbonyl (C=O) groups is 1. The van der Waals surface area contributed by atoms with Gasteiger partial charge in [0, 0.05) is 30.9 Å². The van der Waals surface area contributed by atoms with Crippen LogP contribution in [0.1, 0.15) is 33.1 Å². The molecule has 2 heterocycles. The maximum atomic E-state index is 12.1. The van der Waals surface area contributed by atoms with Crippen LogP contribution < -0.4 is 4.90 Å². The van der Waals surface area contributed by atoms with Crippen LogP contribution in [-0.4, -0.2) is 27.6 Å². The van der Waals surface area contributed by atoms with E-state index in [1.54, 1.807) is 17.3 Å².